The Balaban J connectivity index is 1.76. The molecule has 0 aliphatic carbocycles. The van der Waals surface area contributed by atoms with E-state index in [0.717, 1.165) is 16.5 Å². The minimum atomic E-state index is -1.72. The number of benzene rings is 1. The maximum Gasteiger partial charge on any atom is 0.355 e. The second kappa shape index (κ2) is 6.64. The topological polar surface area (TPSA) is 140 Å². The number of nitrogen functional groups attached to an aromatic ring is 1. The van der Waals surface area contributed by atoms with E-state index in [9.17, 15) is 14.4 Å². The standard InChI is InChI=1S/C22H20N4O5/c1-2-22(31-18(27)8-23)15-7-17-19-12(5-11-6-13(24)3-4-16(11)25-19)9-26(17)20(28)14(15)10-30-21(22)29/h3-7H,2,8-10,23-24H2,1H3. The Labute approximate surface area is 176 Å². The van der Waals surface area contributed by atoms with Crippen LogP contribution in [0.4, 0.5) is 5.69 Å². The molecule has 9 nitrogen and oxygen atoms in total. The number of hydrogen-bond acceptors (Lipinski definition) is 8. The summed E-state index contributed by atoms with van der Waals surface area (Å²) in [5.74, 6) is -1.47. The van der Waals surface area contributed by atoms with Crippen LogP contribution in [-0.4, -0.2) is 28.0 Å². The summed E-state index contributed by atoms with van der Waals surface area (Å²) >= 11 is 0. The van der Waals surface area contributed by atoms with Crippen LogP contribution in [0.2, 0.25) is 0 Å². The van der Waals surface area contributed by atoms with Gasteiger partial charge in [0.1, 0.15) is 6.61 Å². The van der Waals surface area contributed by atoms with Crippen molar-refractivity contribution in [1.82, 2.24) is 9.55 Å². The first-order chi connectivity index (χ1) is 14.9. The van der Waals surface area contributed by atoms with E-state index in [-0.39, 0.29) is 24.2 Å². The van der Waals surface area contributed by atoms with Gasteiger partial charge in [-0.1, -0.05) is 6.92 Å². The third-order valence-electron chi connectivity index (χ3n) is 5.95. The summed E-state index contributed by atoms with van der Waals surface area (Å²) in [5.41, 5.74) is 13.3. The van der Waals surface area contributed by atoms with Gasteiger partial charge >= 0.3 is 11.9 Å². The Kier molecular flexibility index (Phi) is 4.13. The van der Waals surface area contributed by atoms with E-state index in [2.05, 4.69) is 0 Å². The molecule has 2 aliphatic heterocycles. The summed E-state index contributed by atoms with van der Waals surface area (Å²) in [4.78, 5) is 42.9. The number of carbonyl (C=O) groups excluding carboxylic acids is 2. The van der Waals surface area contributed by atoms with Crippen molar-refractivity contribution in [2.75, 3.05) is 12.3 Å². The first kappa shape index (κ1) is 19.3. The summed E-state index contributed by atoms with van der Waals surface area (Å²) < 4.78 is 12.3. The largest absolute Gasteiger partial charge is 0.457 e. The molecule has 31 heavy (non-hydrogen) atoms. The molecular weight excluding hydrogens is 400 g/mol. The number of hydrogen-bond donors (Lipinski definition) is 2. The molecule has 9 heteroatoms. The molecule has 158 valence electrons. The highest BCUT2D eigenvalue weighted by molar-refractivity contribution is 5.89. The average Bonchev–Trinajstić information content (AvgIpc) is 3.12. The van der Waals surface area contributed by atoms with Crippen LogP contribution in [0.5, 0.6) is 0 Å². The molecule has 0 saturated heterocycles. The predicted molar refractivity (Wildman–Crippen MR) is 112 cm³/mol. The Bertz CT molecular complexity index is 1350. The van der Waals surface area contributed by atoms with Crippen molar-refractivity contribution in [3.63, 3.8) is 0 Å². The third kappa shape index (κ3) is 2.66. The summed E-state index contributed by atoms with van der Waals surface area (Å²) in [6.45, 7) is 1.45. The minimum Gasteiger partial charge on any atom is -0.457 e. The van der Waals surface area contributed by atoms with Gasteiger partial charge in [0.05, 0.1) is 35.6 Å². The quantitative estimate of drug-likeness (QED) is 0.372. The number of esters is 2. The molecule has 0 bridgehead atoms. The molecule has 2 aromatic heterocycles. The number of carbonyl (C=O) groups is 2. The molecule has 0 spiro atoms. The number of aromatic nitrogens is 2. The summed E-state index contributed by atoms with van der Waals surface area (Å²) in [5, 5.41) is 0.877. The lowest BCUT2D eigenvalue weighted by molar-refractivity contribution is -0.188. The van der Waals surface area contributed by atoms with Crippen LogP contribution in [0.25, 0.3) is 22.3 Å². The fraction of sp³-hybridized carbons (Fsp3) is 0.273. The Morgan fingerprint density at radius 3 is 2.84 bits per heavy atom. The van der Waals surface area contributed by atoms with Crippen molar-refractivity contribution in [2.45, 2.75) is 32.1 Å². The van der Waals surface area contributed by atoms with Crippen LogP contribution in [0.1, 0.15) is 30.0 Å². The van der Waals surface area contributed by atoms with Gasteiger partial charge in [-0.05, 0) is 36.8 Å². The smallest absolute Gasteiger partial charge is 0.355 e. The summed E-state index contributed by atoms with van der Waals surface area (Å²) in [7, 11) is 0. The molecule has 0 amide bonds. The molecule has 2 aliphatic rings. The number of nitrogens with two attached hydrogens (primary N) is 2. The zero-order valence-corrected chi connectivity index (χ0v) is 16.8. The number of ether oxygens (including phenoxy) is 2. The second-order valence-corrected chi connectivity index (χ2v) is 7.70. The highest BCUT2D eigenvalue weighted by Gasteiger charge is 2.50. The van der Waals surface area contributed by atoms with Gasteiger partial charge in [0.15, 0.2) is 0 Å². The van der Waals surface area contributed by atoms with Crippen molar-refractivity contribution in [3.05, 3.63) is 57.4 Å². The predicted octanol–water partition coefficient (Wildman–Crippen LogP) is 1.17. The molecule has 0 fully saturated rings. The SMILES string of the molecule is CCC1(OC(=O)CN)C(=O)OCc2c1cc1n(c2=O)Cc2cc3cc(N)ccc3nc2-1. The maximum atomic E-state index is 13.3. The van der Waals surface area contributed by atoms with Gasteiger partial charge in [-0.25, -0.2) is 9.78 Å². The zero-order valence-electron chi connectivity index (χ0n) is 16.8. The number of nitrogens with zero attached hydrogens (tertiary/aromatic N) is 2. The van der Waals surface area contributed by atoms with E-state index in [1.807, 2.05) is 18.2 Å². The highest BCUT2D eigenvalue weighted by atomic mass is 16.6. The van der Waals surface area contributed by atoms with Gasteiger partial charge in [-0.2, -0.15) is 0 Å². The van der Waals surface area contributed by atoms with Crippen LogP contribution in [-0.2, 0) is 37.8 Å². The van der Waals surface area contributed by atoms with E-state index in [0.29, 0.717) is 29.2 Å². The van der Waals surface area contributed by atoms with Gasteiger partial charge in [0, 0.05) is 22.2 Å². The van der Waals surface area contributed by atoms with Crippen LogP contribution in [0.3, 0.4) is 0 Å². The van der Waals surface area contributed by atoms with Crippen molar-refractivity contribution in [3.8, 4) is 11.4 Å². The number of cyclic esters (lactones) is 1. The minimum absolute atomic E-state index is 0.102. The van der Waals surface area contributed by atoms with Gasteiger partial charge in [-0.3, -0.25) is 9.59 Å². The van der Waals surface area contributed by atoms with Gasteiger partial charge in [0.25, 0.3) is 5.56 Å². The van der Waals surface area contributed by atoms with Crippen molar-refractivity contribution < 1.29 is 19.1 Å². The third-order valence-corrected chi connectivity index (χ3v) is 5.95. The van der Waals surface area contributed by atoms with Crippen LogP contribution >= 0.6 is 0 Å². The first-order valence-corrected chi connectivity index (χ1v) is 9.94. The lowest BCUT2D eigenvalue weighted by atomic mass is 9.85. The number of rotatable bonds is 3. The Hall–Kier alpha value is -3.72. The van der Waals surface area contributed by atoms with Crippen LogP contribution < -0.4 is 17.0 Å². The fourth-order valence-corrected chi connectivity index (χ4v) is 4.40. The molecule has 1 aromatic carbocycles. The van der Waals surface area contributed by atoms with E-state index < -0.39 is 24.1 Å². The average molecular weight is 420 g/mol. The molecule has 5 rings (SSSR count). The second-order valence-electron chi connectivity index (χ2n) is 7.70. The van der Waals surface area contributed by atoms with Crippen molar-refractivity contribution >= 4 is 28.5 Å². The summed E-state index contributed by atoms with van der Waals surface area (Å²) in [6, 6.07) is 9.09. The van der Waals surface area contributed by atoms with Crippen molar-refractivity contribution in [1.29, 1.82) is 0 Å². The summed E-state index contributed by atoms with van der Waals surface area (Å²) in [6.07, 6.45) is 0.102. The molecule has 1 unspecified atom stereocenters. The Morgan fingerprint density at radius 2 is 2.10 bits per heavy atom. The monoisotopic (exact) mass is 420 g/mol. The van der Waals surface area contributed by atoms with E-state index in [1.54, 1.807) is 23.6 Å². The molecule has 0 saturated carbocycles. The van der Waals surface area contributed by atoms with E-state index >= 15 is 0 Å². The lowest BCUT2D eigenvalue weighted by Crippen LogP contribution is -2.48. The maximum absolute atomic E-state index is 13.3. The molecule has 3 aromatic rings. The number of anilines is 1. The Morgan fingerprint density at radius 1 is 1.29 bits per heavy atom. The molecule has 4 heterocycles. The van der Waals surface area contributed by atoms with Gasteiger partial charge < -0.3 is 25.5 Å². The number of fused-ring (bicyclic) bond motifs is 5. The lowest BCUT2D eigenvalue weighted by Gasteiger charge is -2.35. The highest BCUT2D eigenvalue weighted by Crippen LogP contribution is 2.40. The molecule has 1 atom stereocenters. The van der Waals surface area contributed by atoms with E-state index in [4.69, 9.17) is 25.9 Å². The fourth-order valence-electron chi connectivity index (χ4n) is 4.40. The van der Waals surface area contributed by atoms with Crippen LogP contribution in [0.15, 0.2) is 35.1 Å². The molecule has 4 N–H and O–H groups in total. The van der Waals surface area contributed by atoms with Gasteiger partial charge in [-0.15, -0.1) is 0 Å². The first-order valence-electron chi connectivity index (χ1n) is 9.94. The zero-order chi connectivity index (χ0) is 21.9. The van der Waals surface area contributed by atoms with Crippen molar-refractivity contribution in [2.24, 2.45) is 5.73 Å². The molecule has 0 radical (unpaired) electrons. The molecular formula is C22H20N4O5. The number of pyridine rings is 2. The van der Waals surface area contributed by atoms with E-state index in [1.165, 1.54) is 0 Å². The normalized spacial score (nSPS) is 18.8. The van der Waals surface area contributed by atoms with Crippen LogP contribution in [0, 0.1) is 0 Å². The van der Waals surface area contributed by atoms with Gasteiger partial charge in [0.2, 0.25) is 5.60 Å².